The van der Waals surface area contributed by atoms with Crippen LogP contribution in [0, 0.1) is 5.92 Å². The van der Waals surface area contributed by atoms with Gasteiger partial charge in [0.05, 0.1) is 0 Å². The van der Waals surface area contributed by atoms with Gasteiger partial charge in [-0.15, -0.1) is 0 Å². The number of hydrogen-bond donors (Lipinski definition) is 2. The summed E-state index contributed by atoms with van der Waals surface area (Å²) in [5.74, 6) is 0.592. The maximum absolute atomic E-state index is 9.13. The Balaban J connectivity index is 2.56. The lowest BCUT2D eigenvalue weighted by molar-refractivity contribution is 0.244. The van der Waals surface area contributed by atoms with Crippen LogP contribution in [0.4, 0.5) is 0 Å². The van der Waals surface area contributed by atoms with Crippen LogP contribution in [-0.2, 0) is 6.42 Å². The first-order valence-electron chi connectivity index (χ1n) is 8.18. The molecule has 20 heavy (non-hydrogen) atoms. The largest absolute Gasteiger partial charge is 0.396 e. The monoisotopic (exact) mass is 277 g/mol. The number of aryl methyl sites for hydroxylation is 1. The van der Waals surface area contributed by atoms with Gasteiger partial charge in [0, 0.05) is 12.6 Å². The lowest BCUT2D eigenvalue weighted by Crippen LogP contribution is -2.27. The van der Waals surface area contributed by atoms with E-state index in [-0.39, 0.29) is 0 Å². The molecule has 114 valence electrons. The molecule has 0 heterocycles. The summed E-state index contributed by atoms with van der Waals surface area (Å²) in [7, 11) is 0. The van der Waals surface area contributed by atoms with E-state index < -0.39 is 0 Å². The van der Waals surface area contributed by atoms with Gasteiger partial charge in [0.2, 0.25) is 0 Å². The van der Waals surface area contributed by atoms with Gasteiger partial charge in [-0.3, -0.25) is 0 Å². The van der Waals surface area contributed by atoms with E-state index in [1.807, 2.05) is 0 Å². The summed E-state index contributed by atoms with van der Waals surface area (Å²) in [6.07, 6.45) is 5.49. The molecule has 1 aromatic rings. The SMILES string of the molecule is CCCC(CCO)CNC(CC)c1ccc(CC)cc1. The van der Waals surface area contributed by atoms with Crippen molar-refractivity contribution in [1.29, 1.82) is 0 Å². The molecule has 0 radical (unpaired) electrons. The van der Waals surface area contributed by atoms with Gasteiger partial charge in [-0.25, -0.2) is 0 Å². The lowest BCUT2D eigenvalue weighted by Gasteiger charge is -2.22. The Morgan fingerprint density at radius 3 is 2.25 bits per heavy atom. The van der Waals surface area contributed by atoms with Crippen LogP contribution >= 0.6 is 0 Å². The summed E-state index contributed by atoms with van der Waals surface area (Å²) in [6.45, 7) is 7.93. The first-order valence-corrected chi connectivity index (χ1v) is 8.18. The quantitative estimate of drug-likeness (QED) is 0.675. The van der Waals surface area contributed by atoms with Crippen molar-refractivity contribution in [2.24, 2.45) is 5.92 Å². The Hall–Kier alpha value is -0.860. The van der Waals surface area contributed by atoms with Gasteiger partial charge < -0.3 is 10.4 Å². The summed E-state index contributed by atoms with van der Waals surface area (Å²) in [4.78, 5) is 0. The van der Waals surface area contributed by atoms with Gasteiger partial charge >= 0.3 is 0 Å². The minimum Gasteiger partial charge on any atom is -0.396 e. The van der Waals surface area contributed by atoms with E-state index in [1.165, 1.54) is 24.0 Å². The lowest BCUT2D eigenvalue weighted by atomic mass is 9.97. The van der Waals surface area contributed by atoms with Crippen molar-refractivity contribution < 1.29 is 5.11 Å². The van der Waals surface area contributed by atoms with Crippen molar-refractivity contribution in [3.8, 4) is 0 Å². The maximum atomic E-state index is 9.13. The molecule has 0 amide bonds. The molecule has 0 aliphatic carbocycles. The van der Waals surface area contributed by atoms with E-state index in [9.17, 15) is 0 Å². The van der Waals surface area contributed by atoms with Crippen LogP contribution in [0.1, 0.15) is 63.6 Å². The Bertz CT molecular complexity index is 341. The third kappa shape index (κ3) is 5.64. The number of aliphatic hydroxyl groups excluding tert-OH is 1. The van der Waals surface area contributed by atoms with E-state index >= 15 is 0 Å². The number of hydrogen-bond acceptors (Lipinski definition) is 2. The first kappa shape index (κ1) is 17.2. The van der Waals surface area contributed by atoms with Crippen LogP contribution in [0.25, 0.3) is 0 Å². The van der Waals surface area contributed by atoms with Gasteiger partial charge in [-0.1, -0.05) is 51.5 Å². The first-order chi connectivity index (χ1) is 9.74. The van der Waals surface area contributed by atoms with Crippen molar-refractivity contribution in [2.75, 3.05) is 13.2 Å². The zero-order valence-corrected chi connectivity index (χ0v) is 13.4. The molecule has 1 rings (SSSR count). The summed E-state index contributed by atoms with van der Waals surface area (Å²) in [5, 5.41) is 12.8. The van der Waals surface area contributed by atoms with Gasteiger partial charge in [0.25, 0.3) is 0 Å². The van der Waals surface area contributed by atoms with Gasteiger partial charge in [0.15, 0.2) is 0 Å². The van der Waals surface area contributed by atoms with Crippen molar-refractivity contribution in [1.82, 2.24) is 5.32 Å². The molecule has 0 aromatic heterocycles. The van der Waals surface area contributed by atoms with Crippen molar-refractivity contribution in [3.63, 3.8) is 0 Å². The average Bonchev–Trinajstić information content (AvgIpc) is 2.49. The van der Waals surface area contributed by atoms with E-state index in [0.717, 1.165) is 25.8 Å². The van der Waals surface area contributed by atoms with Crippen molar-refractivity contribution in [3.05, 3.63) is 35.4 Å². The standard InChI is InChI=1S/C18H31NO/c1-4-7-16(12-13-20)14-19-18(6-3)17-10-8-15(5-2)9-11-17/h8-11,16,18-20H,4-7,12-14H2,1-3H3. The van der Waals surface area contributed by atoms with Crippen LogP contribution in [0.5, 0.6) is 0 Å². The second-order valence-electron chi connectivity index (χ2n) is 5.63. The zero-order chi connectivity index (χ0) is 14.8. The van der Waals surface area contributed by atoms with Crippen LogP contribution < -0.4 is 5.32 Å². The second kappa shape index (κ2) is 9.95. The summed E-state index contributed by atoms with van der Waals surface area (Å²) >= 11 is 0. The molecule has 2 nitrogen and oxygen atoms in total. The molecular formula is C18H31NO. The molecule has 2 unspecified atom stereocenters. The highest BCUT2D eigenvalue weighted by molar-refractivity contribution is 5.25. The minimum absolute atomic E-state index is 0.300. The Kier molecular flexibility index (Phi) is 8.56. The topological polar surface area (TPSA) is 32.3 Å². The number of nitrogens with one attached hydrogen (secondary N) is 1. The zero-order valence-electron chi connectivity index (χ0n) is 13.4. The highest BCUT2D eigenvalue weighted by atomic mass is 16.3. The molecular weight excluding hydrogens is 246 g/mol. The fourth-order valence-electron chi connectivity index (χ4n) is 2.73. The van der Waals surface area contributed by atoms with Crippen LogP contribution in [0.15, 0.2) is 24.3 Å². The van der Waals surface area contributed by atoms with E-state index in [1.54, 1.807) is 0 Å². The third-order valence-electron chi connectivity index (χ3n) is 4.09. The van der Waals surface area contributed by atoms with E-state index in [4.69, 9.17) is 5.11 Å². The fourth-order valence-corrected chi connectivity index (χ4v) is 2.73. The van der Waals surface area contributed by atoms with Gasteiger partial charge in [-0.05, 0) is 49.3 Å². The molecule has 0 aliphatic heterocycles. The molecule has 0 saturated heterocycles. The molecule has 0 spiro atoms. The number of benzene rings is 1. The van der Waals surface area contributed by atoms with Crippen LogP contribution in [0.3, 0.4) is 0 Å². The minimum atomic E-state index is 0.300. The van der Waals surface area contributed by atoms with E-state index in [0.29, 0.717) is 18.6 Å². The smallest absolute Gasteiger partial charge is 0.0434 e. The molecule has 2 atom stereocenters. The number of aliphatic hydroxyl groups is 1. The van der Waals surface area contributed by atoms with Gasteiger partial charge in [-0.2, -0.15) is 0 Å². The van der Waals surface area contributed by atoms with Crippen molar-refractivity contribution in [2.45, 2.75) is 58.9 Å². The second-order valence-corrected chi connectivity index (χ2v) is 5.63. The fraction of sp³-hybridized carbons (Fsp3) is 0.667. The molecule has 1 aromatic carbocycles. The summed E-state index contributed by atoms with van der Waals surface area (Å²) in [5.41, 5.74) is 2.77. The normalized spacial score (nSPS) is 14.2. The molecule has 0 saturated carbocycles. The molecule has 2 N–H and O–H groups in total. The average molecular weight is 277 g/mol. The van der Waals surface area contributed by atoms with E-state index in [2.05, 4.69) is 50.4 Å². The molecule has 0 aliphatic rings. The van der Waals surface area contributed by atoms with Crippen LogP contribution in [-0.4, -0.2) is 18.3 Å². The Morgan fingerprint density at radius 2 is 1.75 bits per heavy atom. The molecule has 0 bridgehead atoms. The number of rotatable bonds is 10. The molecule has 0 fully saturated rings. The molecule has 2 heteroatoms. The van der Waals surface area contributed by atoms with Crippen molar-refractivity contribution >= 4 is 0 Å². The summed E-state index contributed by atoms with van der Waals surface area (Å²) < 4.78 is 0. The maximum Gasteiger partial charge on any atom is 0.0434 e. The highest BCUT2D eigenvalue weighted by Crippen LogP contribution is 2.19. The van der Waals surface area contributed by atoms with Gasteiger partial charge in [0.1, 0.15) is 0 Å². The van der Waals surface area contributed by atoms with Crippen LogP contribution in [0.2, 0.25) is 0 Å². The Labute approximate surface area is 124 Å². The third-order valence-corrected chi connectivity index (χ3v) is 4.09. The summed E-state index contributed by atoms with van der Waals surface area (Å²) in [6, 6.07) is 9.40. The predicted molar refractivity (Wildman–Crippen MR) is 87.0 cm³/mol. The Morgan fingerprint density at radius 1 is 1.05 bits per heavy atom. The highest BCUT2D eigenvalue weighted by Gasteiger charge is 2.12. The predicted octanol–water partition coefficient (Wildman–Crippen LogP) is 4.09.